The van der Waals surface area contributed by atoms with Crippen molar-refractivity contribution in [1.29, 1.82) is 0 Å². The third kappa shape index (κ3) is 3.62. The summed E-state index contributed by atoms with van der Waals surface area (Å²) in [7, 11) is 0. The van der Waals surface area contributed by atoms with Gasteiger partial charge in [0.2, 0.25) is 0 Å². The molecule has 1 unspecified atom stereocenters. The van der Waals surface area contributed by atoms with Gasteiger partial charge in [0.05, 0.1) is 11.5 Å². The molecule has 1 N–H and O–H groups in total. The highest BCUT2D eigenvalue weighted by Crippen LogP contribution is 2.44. The summed E-state index contributed by atoms with van der Waals surface area (Å²) in [6.45, 7) is 3.36. The number of rotatable bonds is 2. The fourth-order valence-electron chi connectivity index (χ4n) is 4.76. The molecule has 27 heavy (non-hydrogen) atoms. The number of carbonyl (C=O) groups excluding carboxylic acids is 1. The lowest BCUT2D eigenvalue weighted by Crippen LogP contribution is -2.48. The average Bonchev–Trinajstić information content (AvgIpc) is 3.30. The minimum atomic E-state index is -4.31. The molecule has 150 valence electrons. The molecule has 3 aliphatic rings. The fraction of sp³-hybridized carbons (Fsp3) is 0.722. The van der Waals surface area contributed by atoms with Gasteiger partial charge >= 0.3 is 12.2 Å². The molecule has 0 aromatic carbocycles. The zero-order valence-corrected chi connectivity index (χ0v) is 15.8. The molecule has 0 radical (unpaired) electrons. The van der Waals surface area contributed by atoms with Crippen LogP contribution in [0.1, 0.15) is 31.1 Å². The van der Waals surface area contributed by atoms with Crippen molar-refractivity contribution < 1.29 is 22.4 Å². The predicted octanol–water partition coefficient (Wildman–Crippen LogP) is 4.12. The fourth-order valence-corrected chi connectivity index (χ4v) is 5.66. The first-order valence-corrected chi connectivity index (χ1v) is 10.2. The summed E-state index contributed by atoms with van der Waals surface area (Å²) in [5.41, 5.74) is 0. The molecule has 1 aromatic rings. The quantitative estimate of drug-likeness (QED) is 0.752. The number of thiophene rings is 1. The van der Waals surface area contributed by atoms with Crippen LogP contribution < -0.4 is 10.2 Å². The molecule has 1 aliphatic carbocycles. The van der Waals surface area contributed by atoms with Crippen molar-refractivity contribution >= 4 is 22.4 Å². The van der Waals surface area contributed by atoms with Crippen LogP contribution in [0.2, 0.25) is 0 Å². The number of halogens is 4. The Morgan fingerprint density at radius 3 is 2.63 bits per heavy atom. The number of urea groups is 1. The number of nitrogens with one attached hydrogen (secondary N) is 1. The second kappa shape index (κ2) is 6.83. The van der Waals surface area contributed by atoms with Crippen LogP contribution in [0.15, 0.2) is 12.1 Å². The van der Waals surface area contributed by atoms with Gasteiger partial charge in [-0.15, -0.1) is 11.3 Å². The van der Waals surface area contributed by atoms with Crippen molar-refractivity contribution in [3.63, 3.8) is 0 Å². The maximum absolute atomic E-state index is 13.5. The van der Waals surface area contributed by atoms with Gasteiger partial charge < -0.3 is 15.1 Å². The van der Waals surface area contributed by atoms with Crippen molar-refractivity contribution in [2.24, 2.45) is 11.8 Å². The summed E-state index contributed by atoms with van der Waals surface area (Å²) >= 11 is 0.775. The summed E-state index contributed by atoms with van der Waals surface area (Å²) in [5.74, 6) is 0.598. The van der Waals surface area contributed by atoms with Crippen molar-refractivity contribution in [1.82, 2.24) is 10.2 Å². The van der Waals surface area contributed by atoms with Crippen molar-refractivity contribution in [2.45, 2.75) is 50.6 Å². The average molecular weight is 405 g/mol. The summed E-state index contributed by atoms with van der Waals surface area (Å²) < 4.78 is 52.1. The van der Waals surface area contributed by atoms with Gasteiger partial charge in [0.15, 0.2) is 0 Å². The number of hydrogen-bond donors (Lipinski definition) is 1. The van der Waals surface area contributed by atoms with Gasteiger partial charge in [0, 0.05) is 37.5 Å². The second-order valence-corrected chi connectivity index (χ2v) is 8.99. The highest BCUT2D eigenvalue weighted by atomic mass is 32.1. The lowest BCUT2D eigenvalue weighted by atomic mass is 9.98. The van der Waals surface area contributed by atoms with E-state index in [2.05, 4.69) is 5.32 Å². The van der Waals surface area contributed by atoms with E-state index >= 15 is 0 Å². The SMILES string of the molecule is CC1C[C@H](F)CN1C(=O)N[C@H]1CC[C@@H]2CN(c3ccc(C(F)(F)F)s3)C[C@@H]21. The van der Waals surface area contributed by atoms with Gasteiger partial charge in [0.25, 0.3) is 0 Å². The molecule has 3 heterocycles. The summed E-state index contributed by atoms with van der Waals surface area (Å²) in [6.07, 6.45) is -3.09. The molecule has 4 rings (SSSR count). The largest absolute Gasteiger partial charge is 0.425 e. The van der Waals surface area contributed by atoms with E-state index in [1.54, 1.807) is 4.90 Å². The zero-order chi connectivity index (χ0) is 19.3. The van der Waals surface area contributed by atoms with Gasteiger partial charge in [-0.1, -0.05) is 0 Å². The first-order valence-electron chi connectivity index (χ1n) is 9.35. The Bertz CT molecular complexity index is 709. The van der Waals surface area contributed by atoms with E-state index < -0.39 is 17.2 Å². The van der Waals surface area contributed by atoms with Crippen LogP contribution in [-0.4, -0.2) is 48.8 Å². The van der Waals surface area contributed by atoms with Gasteiger partial charge in [-0.3, -0.25) is 0 Å². The summed E-state index contributed by atoms with van der Waals surface area (Å²) in [5, 5.41) is 3.70. The number of carbonyl (C=O) groups is 1. The predicted molar refractivity (Wildman–Crippen MR) is 95.7 cm³/mol. The van der Waals surface area contributed by atoms with E-state index in [4.69, 9.17) is 0 Å². The van der Waals surface area contributed by atoms with Crippen LogP contribution in [-0.2, 0) is 6.18 Å². The van der Waals surface area contributed by atoms with Crippen LogP contribution >= 0.6 is 11.3 Å². The first-order chi connectivity index (χ1) is 12.7. The molecule has 0 bridgehead atoms. The lowest BCUT2D eigenvalue weighted by molar-refractivity contribution is -0.134. The minimum absolute atomic E-state index is 0.000380. The number of alkyl halides is 4. The monoisotopic (exact) mass is 405 g/mol. The number of amides is 2. The normalized spacial score (nSPS) is 33.6. The van der Waals surface area contributed by atoms with Gasteiger partial charge in [-0.05, 0) is 37.8 Å². The van der Waals surface area contributed by atoms with E-state index in [0.717, 1.165) is 36.8 Å². The highest BCUT2D eigenvalue weighted by molar-refractivity contribution is 7.16. The molecular weight excluding hydrogens is 382 g/mol. The van der Waals surface area contributed by atoms with Crippen LogP contribution in [0.4, 0.5) is 27.4 Å². The van der Waals surface area contributed by atoms with E-state index in [0.29, 0.717) is 23.9 Å². The molecule has 0 spiro atoms. The molecule has 2 saturated heterocycles. The Hall–Kier alpha value is -1.51. The maximum Gasteiger partial charge on any atom is 0.425 e. The summed E-state index contributed by atoms with van der Waals surface area (Å²) in [6, 6.07) is 2.34. The molecule has 5 atom stereocenters. The number of anilines is 1. The van der Waals surface area contributed by atoms with E-state index in [9.17, 15) is 22.4 Å². The Balaban J connectivity index is 1.39. The molecular formula is C18H23F4N3OS. The van der Waals surface area contributed by atoms with Crippen molar-refractivity contribution in [2.75, 3.05) is 24.5 Å². The number of likely N-dealkylation sites (tertiary alicyclic amines) is 1. The molecule has 9 heteroatoms. The number of nitrogens with zero attached hydrogens (tertiary/aromatic N) is 2. The molecule has 3 fully saturated rings. The zero-order valence-electron chi connectivity index (χ0n) is 15.0. The lowest BCUT2D eigenvalue weighted by Gasteiger charge is -2.27. The third-order valence-corrected chi connectivity index (χ3v) is 7.32. The Morgan fingerprint density at radius 1 is 1.22 bits per heavy atom. The van der Waals surface area contributed by atoms with E-state index in [1.165, 1.54) is 6.07 Å². The molecule has 2 aliphatic heterocycles. The topological polar surface area (TPSA) is 35.6 Å². The number of hydrogen-bond acceptors (Lipinski definition) is 3. The van der Waals surface area contributed by atoms with Crippen LogP contribution in [0.5, 0.6) is 0 Å². The third-order valence-electron chi connectivity index (χ3n) is 6.13. The van der Waals surface area contributed by atoms with Crippen molar-refractivity contribution in [3.8, 4) is 0 Å². The minimum Gasteiger partial charge on any atom is -0.363 e. The highest BCUT2D eigenvalue weighted by Gasteiger charge is 2.45. The number of fused-ring (bicyclic) bond motifs is 1. The molecule has 4 nitrogen and oxygen atoms in total. The van der Waals surface area contributed by atoms with Gasteiger partial charge in [0.1, 0.15) is 11.0 Å². The Labute approximate surface area is 159 Å². The van der Waals surface area contributed by atoms with Gasteiger partial charge in [-0.25, -0.2) is 9.18 Å². The maximum atomic E-state index is 13.5. The first kappa shape index (κ1) is 18.8. The van der Waals surface area contributed by atoms with Crippen LogP contribution in [0.25, 0.3) is 0 Å². The molecule has 2 amide bonds. The second-order valence-electron chi connectivity index (χ2n) is 7.93. The smallest absolute Gasteiger partial charge is 0.363 e. The standard InChI is InChI=1S/C18H23F4N3OS/c1-10-6-12(19)8-25(10)17(26)23-14-3-2-11-7-24(9-13(11)14)16-5-4-15(27-16)18(20,21)22/h4-5,10-14H,2-3,6-9H2,1H3,(H,23,26)/t10?,11-,12+,13+,14+/m1/s1. The summed E-state index contributed by atoms with van der Waals surface area (Å²) in [4.78, 5) is 15.5. The Morgan fingerprint density at radius 2 is 2.00 bits per heavy atom. The van der Waals surface area contributed by atoms with E-state index in [-0.39, 0.29) is 30.6 Å². The van der Waals surface area contributed by atoms with E-state index in [1.807, 2.05) is 11.8 Å². The van der Waals surface area contributed by atoms with Gasteiger partial charge in [-0.2, -0.15) is 13.2 Å². The Kier molecular flexibility index (Phi) is 4.76. The molecule has 1 saturated carbocycles. The molecule has 1 aromatic heterocycles. The van der Waals surface area contributed by atoms with Crippen molar-refractivity contribution in [3.05, 3.63) is 17.0 Å². The van der Waals surface area contributed by atoms with Crippen LogP contribution in [0.3, 0.4) is 0 Å². The van der Waals surface area contributed by atoms with Crippen LogP contribution in [0, 0.1) is 11.8 Å².